The van der Waals surface area contributed by atoms with Crippen LogP contribution >= 0.6 is 11.8 Å². The van der Waals surface area contributed by atoms with Gasteiger partial charge in [0.2, 0.25) is 0 Å². The Morgan fingerprint density at radius 2 is 2.00 bits per heavy atom. The SMILES string of the molecule is COc1cccc(Sc2cccc(F)c2CN)c1. The minimum absolute atomic E-state index is 0.193. The Morgan fingerprint density at radius 1 is 1.22 bits per heavy atom. The number of hydrogen-bond acceptors (Lipinski definition) is 3. The van der Waals surface area contributed by atoms with E-state index in [1.807, 2.05) is 30.3 Å². The van der Waals surface area contributed by atoms with Crippen molar-refractivity contribution in [3.63, 3.8) is 0 Å². The van der Waals surface area contributed by atoms with E-state index in [4.69, 9.17) is 10.5 Å². The van der Waals surface area contributed by atoms with Gasteiger partial charge in [0.25, 0.3) is 0 Å². The summed E-state index contributed by atoms with van der Waals surface area (Å²) in [6.07, 6.45) is 0. The van der Waals surface area contributed by atoms with Crippen molar-refractivity contribution < 1.29 is 9.13 Å². The number of methoxy groups -OCH3 is 1. The molecule has 2 rings (SSSR count). The lowest BCUT2D eigenvalue weighted by atomic mass is 10.2. The van der Waals surface area contributed by atoms with E-state index in [1.165, 1.54) is 17.8 Å². The summed E-state index contributed by atoms with van der Waals surface area (Å²) < 4.78 is 18.7. The van der Waals surface area contributed by atoms with Crippen molar-refractivity contribution in [2.75, 3.05) is 7.11 Å². The predicted octanol–water partition coefficient (Wildman–Crippen LogP) is 3.44. The van der Waals surface area contributed by atoms with E-state index < -0.39 is 0 Å². The molecule has 0 unspecified atom stereocenters. The van der Waals surface area contributed by atoms with Gasteiger partial charge in [0.05, 0.1) is 7.11 Å². The zero-order valence-electron chi connectivity index (χ0n) is 10.0. The van der Waals surface area contributed by atoms with Crippen LogP contribution in [0.2, 0.25) is 0 Å². The van der Waals surface area contributed by atoms with E-state index in [1.54, 1.807) is 13.2 Å². The van der Waals surface area contributed by atoms with Gasteiger partial charge in [-0.3, -0.25) is 0 Å². The smallest absolute Gasteiger partial charge is 0.128 e. The predicted molar refractivity (Wildman–Crippen MR) is 71.4 cm³/mol. The first-order chi connectivity index (χ1) is 8.74. The molecule has 0 aliphatic rings. The number of rotatable bonds is 4. The third kappa shape index (κ3) is 2.83. The molecule has 0 radical (unpaired) electrons. The first-order valence-corrected chi connectivity index (χ1v) is 6.35. The molecule has 0 saturated carbocycles. The number of halogens is 1. The van der Waals surface area contributed by atoms with Crippen LogP contribution in [0, 0.1) is 5.82 Å². The molecule has 0 saturated heterocycles. The second-order valence-corrected chi connectivity index (χ2v) is 4.82. The van der Waals surface area contributed by atoms with E-state index in [9.17, 15) is 4.39 Å². The highest BCUT2D eigenvalue weighted by atomic mass is 32.2. The second-order valence-electron chi connectivity index (χ2n) is 3.70. The van der Waals surface area contributed by atoms with E-state index in [2.05, 4.69) is 0 Å². The first kappa shape index (κ1) is 12.9. The normalized spacial score (nSPS) is 10.4. The highest BCUT2D eigenvalue weighted by Gasteiger charge is 2.08. The monoisotopic (exact) mass is 263 g/mol. The van der Waals surface area contributed by atoms with E-state index in [0.29, 0.717) is 5.56 Å². The maximum Gasteiger partial charge on any atom is 0.128 e. The van der Waals surface area contributed by atoms with Gasteiger partial charge in [0, 0.05) is 21.9 Å². The van der Waals surface area contributed by atoms with Crippen LogP contribution < -0.4 is 10.5 Å². The molecule has 0 amide bonds. The number of ether oxygens (including phenoxy) is 1. The zero-order valence-corrected chi connectivity index (χ0v) is 10.8. The van der Waals surface area contributed by atoms with Crippen LogP contribution in [0.1, 0.15) is 5.56 Å². The maximum absolute atomic E-state index is 13.6. The highest BCUT2D eigenvalue weighted by Crippen LogP contribution is 2.33. The van der Waals surface area contributed by atoms with Crippen LogP contribution in [0.5, 0.6) is 5.75 Å². The quantitative estimate of drug-likeness (QED) is 0.917. The summed E-state index contributed by atoms with van der Waals surface area (Å²) >= 11 is 1.48. The van der Waals surface area contributed by atoms with Crippen LogP contribution in [0.3, 0.4) is 0 Å². The van der Waals surface area contributed by atoms with Gasteiger partial charge in [-0.2, -0.15) is 0 Å². The standard InChI is InChI=1S/C14H14FNOS/c1-17-10-4-2-5-11(8-10)18-14-7-3-6-13(15)12(14)9-16/h2-8H,9,16H2,1H3. The van der Waals surface area contributed by atoms with E-state index >= 15 is 0 Å². The molecule has 0 atom stereocenters. The van der Waals surface area contributed by atoms with Crippen LogP contribution in [0.4, 0.5) is 4.39 Å². The van der Waals surface area contributed by atoms with Crippen LogP contribution in [0.15, 0.2) is 52.3 Å². The molecule has 2 N–H and O–H groups in total. The van der Waals surface area contributed by atoms with Crippen molar-refractivity contribution in [1.82, 2.24) is 0 Å². The molecule has 0 aliphatic carbocycles. The van der Waals surface area contributed by atoms with Gasteiger partial charge in [0.1, 0.15) is 11.6 Å². The Balaban J connectivity index is 2.30. The fourth-order valence-corrected chi connectivity index (χ4v) is 2.65. The number of nitrogens with two attached hydrogens (primary N) is 1. The summed E-state index contributed by atoms with van der Waals surface area (Å²) in [5.41, 5.74) is 6.13. The molecule has 2 nitrogen and oxygen atoms in total. The summed E-state index contributed by atoms with van der Waals surface area (Å²) in [5.74, 6) is 0.524. The van der Waals surface area contributed by atoms with Gasteiger partial charge in [-0.15, -0.1) is 0 Å². The zero-order chi connectivity index (χ0) is 13.0. The average molecular weight is 263 g/mol. The maximum atomic E-state index is 13.6. The summed E-state index contributed by atoms with van der Waals surface area (Å²) in [6, 6.07) is 12.6. The molecule has 94 valence electrons. The van der Waals surface area contributed by atoms with Crippen molar-refractivity contribution in [1.29, 1.82) is 0 Å². The highest BCUT2D eigenvalue weighted by molar-refractivity contribution is 7.99. The first-order valence-electron chi connectivity index (χ1n) is 5.54. The van der Waals surface area contributed by atoms with Gasteiger partial charge < -0.3 is 10.5 Å². The molecule has 0 aliphatic heterocycles. The summed E-state index contributed by atoms with van der Waals surface area (Å²) in [4.78, 5) is 1.83. The van der Waals surface area contributed by atoms with Crippen molar-refractivity contribution >= 4 is 11.8 Å². The molecule has 0 heterocycles. The second kappa shape index (κ2) is 5.89. The van der Waals surface area contributed by atoms with E-state index in [-0.39, 0.29) is 12.4 Å². The molecule has 0 bridgehead atoms. The van der Waals surface area contributed by atoms with Gasteiger partial charge in [-0.1, -0.05) is 23.9 Å². The number of hydrogen-bond donors (Lipinski definition) is 1. The lowest BCUT2D eigenvalue weighted by molar-refractivity contribution is 0.413. The Hall–Kier alpha value is -1.52. The lowest BCUT2D eigenvalue weighted by Crippen LogP contribution is -2.01. The third-order valence-electron chi connectivity index (χ3n) is 2.55. The Bertz CT molecular complexity index is 545. The third-order valence-corrected chi connectivity index (χ3v) is 3.64. The lowest BCUT2D eigenvalue weighted by Gasteiger charge is -2.09. The fourth-order valence-electron chi connectivity index (χ4n) is 1.62. The Labute approximate surface area is 110 Å². The molecular formula is C14H14FNOS. The van der Waals surface area contributed by atoms with Gasteiger partial charge >= 0.3 is 0 Å². The average Bonchev–Trinajstić information content (AvgIpc) is 2.39. The number of benzene rings is 2. The van der Waals surface area contributed by atoms with Crippen molar-refractivity contribution in [2.45, 2.75) is 16.3 Å². The molecule has 0 fully saturated rings. The van der Waals surface area contributed by atoms with Crippen LogP contribution in [-0.4, -0.2) is 7.11 Å². The molecule has 2 aromatic carbocycles. The summed E-state index contributed by atoms with van der Waals surface area (Å²) in [5, 5.41) is 0. The molecule has 4 heteroatoms. The van der Waals surface area contributed by atoms with Crippen molar-refractivity contribution in [3.8, 4) is 5.75 Å². The molecule has 0 spiro atoms. The summed E-state index contributed by atoms with van der Waals surface area (Å²) in [6.45, 7) is 0.193. The van der Waals surface area contributed by atoms with E-state index in [0.717, 1.165) is 15.5 Å². The Morgan fingerprint density at radius 3 is 2.72 bits per heavy atom. The largest absolute Gasteiger partial charge is 0.497 e. The minimum atomic E-state index is -0.259. The van der Waals surface area contributed by atoms with Gasteiger partial charge in [-0.05, 0) is 30.3 Å². The van der Waals surface area contributed by atoms with Crippen LogP contribution in [-0.2, 0) is 6.54 Å². The molecule has 2 aromatic rings. The van der Waals surface area contributed by atoms with Crippen molar-refractivity contribution in [3.05, 3.63) is 53.8 Å². The van der Waals surface area contributed by atoms with Gasteiger partial charge in [-0.25, -0.2) is 4.39 Å². The van der Waals surface area contributed by atoms with Crippen LogP contribution in [0.25, 0.3) is 0 Å². The Kier molecular flexibility index (Phi) is 4.23. The molecule has 18 heavy (non-hydrogen) atoms. The topological polar surface area (TPSA) is 35.2 Å². The fraction of sp³-hybridized carbons (Fsp3) is 0.143. The van der Waals surface area contributed by atoms with Gasteiger partial charge in [0.15, 0.2) is 0 Å². The molecule has 0 aromatic heterocycles. The summed E-state index contributed by atoms with van der Waals surface area (Å²) in [7, 11) is 1.62. The minimum Gasteiger partial charge on any atom is -0.497 e. The van der Waals surface area contributed by atoms with Crippen molar-refractivity contribution in [2.24, 2.45) is 5.73 Å². The molecular weight excluding hydrogens is 249 g/mol.